The van der Waals surface area contributed by atoms with Gasteiger partial charge in [-0.1, -0.05) is 37.3 Å². The van der Waals surface area contributed by atoms with Gasteiger partial charge in [-0.05, 0) is 49.8 Å². The molecule has 7 heterocycles. The van der Waals surface area contributed by atoms with Crippen LogP contribution in [0.15, 0.2) is 67.4 Å². The maximum absolute atomic E-state index is 13.6. The van der Waals surface area contributed by atoms with Crippen LogP contribution in [0.2, 0.25) is 0 Å². The van der Waals surface area contributed by atoms with Gasteiger partial charge in [0.05, 0.1) is 11.9 Å². The van der Waals surface area contributed by atoms with Gasteiger partial charge in [0.25, 0.3) is 5.91 Å². The standard InChI is InChI=1S/C34H38N10O2/c1-24-21-26(42-16-10-33(2,23-42)25-7-4-3-5-8-25)22-44-28(24)37-27(39-44)9-6-15-43-31(45)34(38-32(43)46)11-17-40(18-12-34)29-30-36-14-20-41(30)19-13-35-29/h3-5,7-8,13-14,19-22H,6,9-12,15-18,23H2,1-2H3,(H,38,46). The highest BCUT2D eigenvalue weighted by molar-refractivity contribution is 6.07. The molecule has 236 valence electrons. The monoisotopic (exact) mass is 618 g/mol. The largest absolute Gasteiger partial charge is 0.369 e. The summed E-state index contributed by atoms with van der Waals surface area (Å²) >= 11 is 0. The quantitative estimate of drug-likeness (QED) is 0.274. The Bertz CT molecular complexity index is 1940. The van der Waals surface area contributed by atoms with E-state index in [1.165, 1.54) is 10.5 Å². The molecule has 3 aliphatic rings. The van der Waals surface area contributed by atoms with Crippen molar-refractivity contribution in [2.45, 2.75) is 56.9 Å². The third-order valence-corrected chi connectivity index (χ3v) is 10.2. The molecular weight excluding hydrogens is 580 g/mol. The van der Waals surface area contributed by atoms with Crippen molar-refractivity contribution >= 4 is 34.7 Å². The van der Waals surface area contributed by atoms with Gasteiger partial charge in [-0.25, -0.2) is 24.3 Å². The van der Waals surface area contributed by atoms with E-state index in [0.717, 1.165) is 47.9 Å². The van der Waals surface area contributed by atoms with Crippen LogP contribution >= 0.6 is 0 Å². The Morgan fingerprint density at radius 3 is 2.50 bits per heavy atom. The highest BCUT2D eigenvalue weighted by atomic mass is 16.2. The second kappa shape index (κ2) is 10.8. The summed E-state index contributed by atoms with van der Waals surface area (Å²) in [5.41, 5.74) is 4.47. The van der Waals surface area contributed by atoms with Gasteiger partial charge in [0.15, 0.2) is 22.9 Å². The number of piperidine rings is 1. The molecule has 4 aromatic heterocycles. The number of nitrogens with one attached hydrogen (secondary N) is 1. The Balaban J connectivity index is 0.899. The van der Waals surface area contributed by atoms with E-state index in [1.807, 2.05) is 21.3 Å². The number of urea groups is 1. The van der Waals surface area contributed by atoms with Crippen molar-refractivity contribution in [3.63, 3.8) is 0 Å². The molecule has 0 radical (unpaired) electrons. The lowest BCUT2D eigenvalue weighted by atomic mass is 9.82. The van der Waals surface area contributed by atoms with Crippen LogP contribution in [0.5, 0.6) is 0 Å². The Hall–Kier alpha value is -5.00. The number of amides is 3. The number of nitrogens with zero attached hydrogens (tertiary/aromatic N) is 9. The van der Waals surface area contributed by atoms with Crippen LogP contribution in [-0.4, -0.2) is 84.1 Å². The normalized spacial score (nSPS) is 21.3. The number of imidazole rings is 1. The number of pyridine rings is 1. The summed E-state index contributed by atoms with van der Waals surface area (Å²) in [5, 5.41) is 7.83. The van der Waals surface area contributed by atoms with Crippen LogP contribution in [0, 0.1) is 6.92 Å². The molecule has 1 spiro atoms. The van der Waals surface area contributed by atoms with E-state index in [2.05, 4.69) is 81.5 Å². The van der Waals surface area contributed by atoms with Gasteiger partial charge in [0.1, 0.15) is 5.54 Å². The van der Waals surface area contributed by atoms with E-state index < -0.39 is 5.54 Å². The average Bonchev–Trinajstić information content (AvgIpc) is 3.85. The molecule has 0 bridgehead atoms. The average molecular weight is 619 g/mol. The number of hydrogen-bond acceptors (Lipinski definition) is 8. The van der Waals surface area contributed by atoms with Crippen molar-refractivity contribution in [1.29, 1.82) is 0 Å². The topological polar surface area (TPSA) is 116 Å². The number of aromatic nitrogens is 6. The van der Waals surface area contributed by atoms with Gasteiger partial charge in [-0.15, -0.1) is 0 Å². The fourth-order valence-electron chi connectivity index (χ4n) is 7.49. The Morgan fingerprint density at radius 1 is 0.935 bits per heavy atom. The molecule has 5 aromatic rings. The Labute approximate surface area is 267 Å². The van der Waals surface area contributed by atoms with Gasteiger partial charge >= 0.3 is 6.03 Å². The third kappa shape index (κ3) is 4.74. The summed E-state index contributed by atoms with van der Waals surface area (Å²) < 4.78 is 3.82. The summed E-state index contributed by atoms with van der Waals surface area (Å²) in [6.45, 7) is 7.90. The fourth-order valence-corrected chi connectivity index (χ4v) is 7.49. The zero-order valence-corrected chi connectivity index (χ0v) is 26.3. The van der Waals surface area contributed by atoms with Crippen molar-refractivity contribution in [1.82, 2.24) is 39.2 Å². The van der Waals surface area contributed by atoms with Crippen LogP contribution in [0.3, 0.4) is 0 Å². The number of aryl methyl sites for hydroxylation is 2. The number of carbonyl (C=O) groups excluding carboxylic acids is 2. The SMILES string of the molecule is Cc1cc(N2CCC(C)(c3ccccc3)C2)cn2nc(CCCN3C(=O)NC4(CCN(c5nccn6ccnc56)CC4)C3=O)nc12. The van der Waals surface area contributed by atoms with Crippen LogP contribution < -0.4 is 15.1 Å². The lowest BCUT2D eigenvalue weighted by Crippen LogP contribution is -2.55. The maximum atomic E-state index is 13.6. The van der Waals surface area contributed by atoms with Crippen molar-refractivity contribution in [3.8, 4) is 0 Å². The predicted molar refractivity (Wildman–Crippen MR) is 174 cm³/mol. The van der Waals surface area contributed by atoms with Gasteiger partial charge in [0.2, 0.25) is 0 Å². The number of hydrogen-bond donors (Lipinski definition) is 1. The highest BCUT2D eigenvalue weighted by Crippen LogP contribution is 2.37. The summed E-state index contributed by atoms with van der Waals surface area (Å²) in [4.78, 5) is 46.3. The van der Waals surface area contributed by atoms with E-state index in [0.29, 0.717) is 51.1 Å². The first-order chi connectivity index (χ1) is 22.3. The lowest BCUT2D eigenvalue weighted by Gasteiger charge is -2.37. The number of imide groups is 1. The van der Waals surface area contributed by atoms with E-state index >= 15 is 0 Å². The molecule has 1 unspecified atom stereocenters. The molecule has 1 N–H and O–H groups in total. The minimum absolute atomic E-state index is 0.110. The number of carbonyl (C=O) groups is 2. The van der Waals surface area contributed by atoms with Crippen LogP contribution in [0.1, 0.15) is 49.6 Å². The summed E-state index contributed by atoms with van der Waals surface area (Å²) in [7, 11) is 0. The van der Waals surface area contributed by atoms with Gasteiger partial charge in [-0.3, -0.25) is 9.69 Å². The molecule has 12 nitrogen and oxygen atoms in total. The number of fused-ring (bicyclic) bond motifs is 2. The first-order valence-electron chi connectivity index (χ1n) is 16.2. The second-order valence-electron chi connectivity index (χ2n) is 13.2. The first kappa shape index (κ1) is 28.5. The van der Waals surface area contributed by atoms with Crippen LogP contribution in [0.4, 0.5) is 16.3 Å². The summed E-state index contributed by atoms with van der Waals surface area (Å²) in [6, 6.07) is 12.6. The minimum atomic E-state index is -0.866. The van der Waals surface area contributed by atoms with Crippen molar-refractivity contribution < 1.29 is 9.59 Å². The van der Waals surface area contributed by atoms with Gasteiger partial charge in [0, 0.05) is 69.3 Å². The highest BCUT2D eigenvalue weighted by Gasteiger charge is 2.52. The zero-order valence-electron chi connectivity index (χ0n) is 26.3. The molecule has 3 saturated heterocycles. The molecule has 8 rings (SSSR count). The maximum Gasteiger partial charge on any atom is 0.325 e. The molecule has 0 saturated carbocycles. The predicted octanol–water partition coefficient (Wildman–Crippen LogP) is 3.77. The minimum Gasteiger partial charge on any atom is -0.369 e. The first-order valence-corrected chi connectivity index (χ1v) is 16.2. The molecule has 0 aliphatic carbocycles. The second-order valence-corrected chi connectivity index (χ2v) is 13.2. The zero-order chi connectivity index (χ0) is 31.5. The molecular formula is C34H38N10O2. The fraction of sp³-hybridized carbons (Fsp3) is 0.412. The van der Waals surface area contributed by atoms with Gasteiger partial charge < -0.3 is 19.5 Å². The Morgan fingerprint density at radius 2 is 1.70 bits per heavy atom. The van der Waals surface area contributed by atoms with Crippen molar-refractivity contribution in [2.75, 3.05) is 42.5 Å². The van der Waals surface area contributed by atoms with Crippen molar-refractivity contribution in [2.24, 2.45) is 0 Å². The van der Waals surface area contributed by atoms with E-state index in [1.54, 1.807) is 12.4 Å². The summed E-state index contributed by atoms with van der Waals surface area (Å²) in [5.74, 6) is 1.37. The van der Waals surface area contributed by atoms with Crippen LogP contribution in [0.25, 0.3) is 11.3 Å². The lowest BCUT2D eigenvalue weighted by molar-refractivity contribution is -0.132. The smallest absolute Gasteiger partial charge is 0.325 e. The van der Waals surface area contributed by atoms with E-state index in [-0.39, 0.29) is 17.4 Å². The van der Waals surface area contributed by atoms with E-state index in [4.69, 9.17) is 10.1 Å². The van der Waals surface area contributed by atoms with Gasteiger partial charge in [-0.2, -0.15) is 5.10 Å². The third-order valence-electron chi connectivity index (χ3n) is 10.2. The molecule has 1 atom stereocenters. The molecule has 46 heavy (non-hydrogen) atoms. The molecule has 1 aromatic carbocycles. The summed E-state index contributed by atoms with van der Waals surface area (Å²) in [6.07, 6.45) is 12.6. The number of rotatable bonds is 7. The van der Waals surface area contributed by atoms with Crippen molar-refractivity contribution in [3.05, 3.63) is 84.3 Å². The molecule has 3 aliphatic heterocycles. The molecule has 3 fully saturated rings. The number of anilines is 2. The van der Waals surface area contributed by atoms with E-state index in [9.17, 15) is 9.59 Å². The number of benzene rings is 1. The molecule has 12 heteroatoms. The molecule has 3 amide bonds. The van der Waals surface area contributed by atoms with Crippen LogP contribution in [-0.2, 0) is 16.6 Å². The Kier molecular flexibility index (Phi) is 6.69.